The minimum atomic E-state index is -3.79. The van der Waals surface area contributed by atoms with Crippen molar-refractivity contribution in [3.63, 3.8) is 0 Å². The molecule has 0 saturated heterocycles. The molecule has 0 radical (unpaired) electrons. The lowest BCUT2D eigenvalue weighted by atomic mass is 9.59. The van der Waals surface area contributed by atoms with Crippen LogP contribution in [0.15, 0.2) is 40.1 Å². The van der Waals surface area contributed by atoms with Gasteiger partial charge in [-0.3, -0.25) is 4.18 Å². The highest BCUT2D eigenvalue weighted by atomic mass is 32.2. The second-order valence-electron chi connectivity index (χ2n) is 6.65. The standard InChI is InChI=1S/C16H22O5S2/c1-12-5-7-15(8-6-12)23(19,20)21-10-13-9-14(16(13,2)3)11-22(4,17)18/h5-8,11,13H,9-10H2,1-4H3. The van der Waals surface area contributed by atoms with Crippen LogP contribution in [0.2, 0.25) is 0 Å². The van der Waals surface area contributed by atoms with E-state index in [-0.39, 0.29) is 22.8 Å². The van der Waals surface area contributed by atoms with Crippen molar-refractivity contribution in [1.29, 1.82) is 0 Å². The molecule has 1 aliphatic carbocycles. The summed E-state index contributed by atoms with van der Waals surface area (Å²) in [4.78, 5) is 0.132. The van der Waals surface area contributed by atoms with Gasteiger partial charge in [-0.1, -0.05) is 37.1 Å². The van der Waals surface area contributed by atoms with E-state index in [2.05, 4.69) is 0 Å². The second-order valence-corrected chi connectivity index (χ2v) is 10.2. The largest absolute Gasteiger partial charge is 0.296 e. The van der Waals surface area contributed by atoms with Gasteiger partial charge in [-0.25, -0.2) is 8.42 Å². The molecule has 1 unspecified atom stereocenters. The Kier molecular flexibility index (Phi) is 4.76. The van der Waals surface area contributed by atoms with E-state index < -0.39 is 20.0 Å². The first kappa shape index (κ1) is 18.2. The molecule has 1 fully saturated rings. The fourth-order valence-corrected chi connectivity index (χ4v) is 4.45. The number of sulfone groups is 1. The van der Waals surface area contributed by atoms with Crippen LogP contribution in [0.1, 0.15) is 25.8 Å². The van der Waals surface area contributed by atoms with Crippen molar-refractivity contribution in [3.8, 4) is 0 Å². The Hall–Kier alpha value is -1.18. The molecule has 128 valence electrons. The molecule has 0 spiro atoms. The van der Waals surface area contributed by atoms with Crippen molar-refractivity contribution in [2.45, 2.75) is 32.1 Å². The SMILES string of the molecule is Cc1ccc(S(=O)(=O)OCC2CC(=CS(C)(=O)=O)C2(C)C)cc1. The zero-order valence-electron chi connectivity index (χ0n) is 13.7. The van der Waals surface area contributed by atoms with E-state index in [4.69, 9.17) is 4.18 Å². The molecule has 5 nitrogen and oxygen atoms in total. The summed E-state index contributed by atoms with van der Waals surface area (Å²) in [6, 6.07) is 6.48. The van der Waals surface area contributed by atoms with Gasteiger partial charge in [0.15, 0.2) is 9.84 Å². The smallest absolute Gasteiger partial charge is 0.266 e. The fraction of sp³-hybridized carbons (Fsp3) is 0.500. The number of rotatable bonds is 5. The van der Waals surface area contributed by atoms with Crippen LogP contribution in [-0.2, 0) is 24.1 Å². The van der Waals surface area contributed by atoms with Crippen LogP contribution in [0, 0.1) is 18.3 Å². The predicted octanol–water partition coefficient (Wildman–Crippen LogP) is 2.67. The Morgan fingerprint density at radius 3 is 2.22 bits per heavy atom. The van der Waals surface area contributed by atoms with Gasteiger partial charge in [-0.2, -0.15) is 8.42 Å². The molecule has 0 amide bonds. The van der Waals surface area contributed by atoms with Gasteiger partial charge in [-0.05, 0) is 36.8 Å². The third-order valence-corrected chi connectivity index (χ3v) is 6.41. The van der Waals surface area contributed by atoms with Crippen LogP contribution in [0.4, 0.5) is 0 Å². The molecule has 0 aliphatic heterocycles. The van der Waals surface area contributed by atoms with Crippen LogP contribution < -0.4 is 0 Å². The highest BCUT2D eigenvalue weighted by Crippen LogP contribution is 2.51. The van der Waals surface area contributed by atoms with Gasteiger partial charge in [0, 0.05) is 11.7 Å². The maximum Gasteiger partial charge on any atom is 0.296 e. The highest BCUT2D eigenvalue weighted by Gasteiger charge is 2.44. The van der Waals surface area contributed by atoms with E-state index in [0.29, 0.717) is 6.42 Å². The molecule has 1 saturated carbocycles. The average Bonchev–Trinajstić information content (AvgIpc) is 2.41. The summed E-state index contributed by atoms with van der Waals surface area (Å²) in [5.41, 5.74) is 1.40. The van der Waals surface area contributed by atoms with Crippen molar-refractivity contribution < 1.29 is 21.0 Å². The van der Waals surface area contributed by atoms with Crippen LogP contribution in [0.3, 0.4) is 0 Å². The van der Waals surface area contributed by atoms with Gasteiger partial charge in [0.1, 0.15) is 0 Å². The molecule has 1 atom stereocenters. The minimum Gasteiger partial charge on any atom is -0.266 e. The highest BCUT2D eigenvalue weighted by molar-refractivity contribution is 7.93. The molecule has 7 heteroatoms. The molecule has 0 heterocycles. The van der Waals surface area contributed by atoms with Crippen molar-refractivity contribution >= 4 is 20.0 Å². The zero-order chi connectivity index (χ0) is 17.5. The summed E-state index contributed by atoms with van der Waals surface area (Å²) in [7, 11) is -6.98. The minimum absolute atomic E-state index is 0.0317. The average molecular weight is 358 g/mol. The Morgan fingerprint density at radius 2 is 1.74 bits per heavy atom. The normalized spacial score (nSPS) is 22.8. The molecular weight excluding hydrogens is 336 g/mol. The summed E-state index contributed by atoms with van der Waals surface area (Å²) in [6.45, 7) is 5.73. The van der Waals surface area contributed by atoms with Gasteiger partial charge in [0.2, 0.25) is 0 Å². The zero-order valence-corrected chi connectivity index (χ0v) is 15.4. The van der Waals surface area contributed by atoms with Crippen LogP contribution in [0.5, 0.6) is 0 Å². The topological polar surface area (TPSA) is 77.5 Å². The molecule has 1 aromatic carbocycles. The Morgan fingerprint density at radius 1 is 1.17 bits per heavy atom. The quantitative estimate of drug-likeness (QED) is 0.756. The van der Waals surface area contributed by atoms with E-state index in [0.717, 1.165) is 17.4 Å². The molecule has 23 heavy (non-hydrogen) atoms. The lowest BCUT2D eigenvalue weighted by molar-refractivity contribution is 0.101. The van der Waals surface area contributed by atoms with Crippen molar-refractivity contribution in [1.82, 2.24) is 0 Å². The first-order chi connectivity index (χ1) is 10.4. The Bertz CT molecular complexity index is 816. The lowest BCUT2D eigenvalue weighted by Gasteiger charge is -2.47. The third kappa shape index (κ3) is 4.22. The van der Waals surface area contributed by atoms with E-state index in [1.54, 1.807) is 12.1 Å². The summed E-state index contributed by atoms with van der Waals surface area (Å²) in [5, 5.41) is 1.28. The van der Waals surface area contributed by atoms with Crippen LogP contribution in [0.25, 0.3) is 0 Å². The third-order valence-electron chi connectivity index (χ3n) is 4.40. The van der Waals surface area contributed by atoms with E-state index >= 15 is 0 Å². The molecular formula is C16H22O5S2. The fourth-order valence-electron chi connectivity index (χ4n) is 2.59. The van der Waals surface area contributed by atoms with E-state index in [1.165, 1.54) is 17.5 Å². The van der Waals surface area contributed by atoms with Gasteiger partial charge in [-0.15, -0.1) is 0 Å². The number of allylic oxidation sites excluding steroid dienone is 1. The summed E-state index contributed by atoms with van der Waals surface area (Å²) < 4.78 is 52.2. The van der Waals surface area contributed by atoms with Gasteiger partial charge < -0.3 is 0 Å². The lowest BCUT2D eigenvalue weighted by Crippen LogP contribution is -2.41. The molecule has 1 aromatic rings. The van der Waals surface area contributed by atoms with Gasteiger partial charge in [0.05, 0.1) is 11.5 Å². The Labute approximate surface area is 138 Å². The summed E-state index contributed by atoms with van der Waals surface area (Å²) >= 11 is 0. The van der Waals surface area contributed by atoms with Crippen LogP contribution in [-0.4, -0.2) is 29.7 Å². The van der Waals surface area contributed by atoms with Crippen LogP contribution >= 0.6 is 0 Å². The Balaban J connectivity index is 2.05. The van der Waals surface area contributed by atoms with E-state index in [9.17, 15) is 16.8 Å². The first-order valence-electron chi connectivity index (χ1n) is 7.29. The van der Waals surface area contributed by atoms with Gasteiger partial charge in [0.25, 0.3) is 10.1 Å². The molecule has 0 N–H and O–H groups in total. The molecule has 0 aromatic heterocycles. The molecule has 2 rings (SSSR count). The van der Waals surface area contributed by atoms with Crippen molar-refractivity contribution in [3.05, 3.63) is 40.8 Å². The molecule has 0 bridgehead atoms. The number of hydrogen-bond donors (Lipinski definition) is 0. The first-order valence-corrected chi connectivity index (χ1v) is 10.7. The molecule has 1 aliphatic rings. The summed E-state index contributed by atoms with van der Waals surface area (Å²) in [5.74, 6) is -0.0317. The number of hydrogen-bond acceptors (Lipinski definition) is 5. The van der Waals surface area contributed by atoms with Crippen molar-refractivity contribution in [2.75, 3.05) is 12.9 Å². The second kappa shape index (κ2) is 6.03. The maximum atomic E-state index is 12.2. The van der Waals surface area contributed by atoms with E-state index in [1.807, 2.05) is 20.8 Å². The number of benzene rings is 1. The monoisotopic (exact) mass is 358 g/mol. The maximum absolute atomic E-state index is 12.2. The predicted molar refractivity (Wildman–Crippen MR) is 89.1 cm³/mol. The summed E-state index contributed by atoms with van der Waals surface area (Å²) in [6.07, 6.45) is 1.69. The number of aryl methyl sites for hydroxylation is 1. The van der Waals surface area contributed by atoms with Crippen molar-refractivity contribution in [2.24, 2.45) is 11.3 Å². The van der Waals surface area contributed by atoms with Gasteiger partial charge >= 0.3 is 0 Å².